The molecule has 13 nitrogen and oxygen atoms in total. The van der Waals surface area contributed by atoms with E-state index in [1.165, 1.54) is 6.08 Å². The number of imidazole rings is 1. The van der Waals surface area contributed by atoms with E-state index in [0.29, 0.717) is 39.5 Å². The van der Waals surface area contributed by atoms with Crippen molar-refractivity contribution in [1.29, 1.82) is 0 Å². The van der Waals surface area contributed by atoms with Crippen LogP contribution in [0.5, 0.6) is 5.75 Å². The molecule has 0 unspecified atom stereocenters. The second kappa shape index (κ2) is 13.1. The van der Waals surface area contributed by atoms with Crippen LogP contribution in [-0.2, 0) is 14.3 Å². The molecule has 5 rings (SSSR count). The summed E-state index contributed by atoms with van der Waals surface area (Å²) in [5.41, 5.74) is 10.2. The average Bonchev–Trinajstić information content (AvgIpc) is 3.81. The van der Waals surface area contributed by atoms with Crippen LogP contribution in [-0.4, -0.2) is 77.3 Å². The fourth-order valence-corrected chi connectivity index (χ4v) is 4.89. The second-order valence-electron chi connectivity index (χ2n) is 10.9. The summed E-state index contributed by atoms with van der Waals surface area (Å²) >= 11 is 0. The molecule has 0 spiro atoms. The minimum Gasteiger partial charge on any atom is -0.494 e. The Bertz CT molecular complexity index is 1850. The summed E-state index contributed by atoms with van der Waals surface area (Å²) in [5.74, 6) is -0.456. The van der Waals surface area contributed by atoms with Crippen LogP contribution in [0.4, 0.5) is 23.0 Å². The minimum atomic E-state index is -0.833. The van der Waals surface area contributed by atoms with E-state index >= 15 is 0 Å². The van der Waals surface area contributed by atoms with Gasteiger partial charge in [-0.2, -0.15) is 4.98 Å². The molecule has 2 aromatic heterocycles. The van der Waals surface area contributed by atoms with Gasteiger partial charge in [0.2, 0.25) is 5.95 Å². The molecule has 0 aliphatic heterocycles. The molecular formula is C32H36N8O5. The van der Waals surface area contributed by atoms with E-state index in [9.17, 15) is 14.4 Å². The Hall–Kier alpha value is -5.43. The number of hydrogen-bond acceptors (Lipinski definition) is 11. The second-order valence-corrected chi connectivity index (χ2v) is 10.9. The minimum absolute atomic E-state index is 0.0664. The molecule has 2 heterocycles. The predicted octanol–water partition coefficient (Wildman–Crippen LogP) is 3.52. The lowest BCUT2D eigenvalue weighted by molar-refractivity contribution is -0.152. The number of carbonyl (C=O) groups is 2. The van der Waals surface area contributed by atoms with Gasteiger partial charge in [0.1, 0.15) is 11.6 Å². The summed E-state index contributed by atoms with van der Waals surface area (Å²) < 4.78 is 13.5. The third-order valence-corrected chi connectivity index (χ3v) is 7.35. The number of nitrogens with two attached hydrogens (primary N) is 1. The number of aromatic nitrogens is 4. The number of hydrogen-bond donors (Lipinski definition) is 2. The van der Waals surface area contributed by atoms with Gasteiger partial charge in [-0.15, -0.1) is 0 Å². The molecule has 234 valence electrons. The van der Waals surface area contributed by atoms with Crippen molar-refractivity contribution in [1.82, 2.24) is 24.0 Å². The number of likely N-dealkylation sites (N-methyl/N-ethyl adjacent to an activating group) is 2. The first kappa shape index (κ1) is 31.0. The first-order chi connectivity index (χ1) is 21.6. The summed E-state index contributed by atoms with van der Waals surface area (Å²) in [6.07, 6.45) is 6.92. The number of nitrogens with zero attached hydrogens (tertiary/aromatic N) is 6. The van der Waals surface area contributed by atoms with Gasteiger partial charge in [0.25, 0.3) is 0 Å². The molecule has 0 radical (unpaired) electrons. The van der Waals surface area contributed by atoms with Crippen molar-refractivity contribution in [2.75, 3.05) is 57.3 Å². The fraction of sp³-hybridized carbons (Fsp3) is 0.281. The Balaban J connectivity index is 1.46. The lowest BCUT2D eigenvalue weighted by Gasteiger charge is -2.24. The topological polar surface area (TPSA) is 150 Å². The zero-order valence-electron chi connectivity index (χ0n) is 25.7. The van der Waals surface area contributed by atoms with Gasteiger partial charge in [0.15, 0.2) is 0 Å². The highest BCUT2D eigenvalue weighted by Gasteiger charge is 2.29. The third kappa shape index (κ3) is 6.88. The van der Waals surface area contributed by atoms with Gasteiger partial charge in [-0.3, -0.25) is 4.57 Å². The lowest BCUT2D eigenvalue weighted by atomic mass is 10.2. The van der Waals surface area contributed by atoms with Gasteiger partial charge in [-0.25, -0.2) is 23.9 Å². The monoisotopic (exact) mass is 612 g/mol. The van der Waals surface area contributed by atoms with Crippen molar-refractivity contribution in [3.63, 3.8) is 0 Å². The Morgan fingerprint density at radius 2 is 1.89 bits per heavy atom. The van der Waals surface area contributed by atoms with Crippen molar-refractivity contribution < 1.29 is 19.1 Å². The molecule has 45 heavy (non-hydrogen) atoms. The van der Waals surface area contributed by atoms with Gasteiger partial charge >= 0.3 is 17.6 Å². The van der Waals surface area contributed by atoms with E-state index in [1.807, 2.05) is 33.3 Å². The zero-order valence-corrected chi connectivity index (χ0v) is 25.7. The van der Waals surface area contributed by atoms with Crippen LogP contribution in [0.1, 0.15) is 24.4 Å². The zero-order chi connectivity index (χ0) is 32.2. The Morgan fingerprint density at radius 3 is 2.58 bits per heavy atom. The van der Waals surface area contributed by atoms with Gasteiger partial charge < -0.3 is 30.3 Å². The van der Waals surface area contributed by atoms with Crippen molar-refractivity contribution in [3.8, 4) is 11.6 Å². The number of methoxy groups -OCH3 is 1. The normalized spacial score (nSPS) is 12.9. The quantitative estimate of drug-likeness (QED) is 0.105. The number of esters is 2. The van der Waals surface area contributed by atoms with Crippen molar-refractivity contribution in [3.05, 3.63) is 77.4 Å². The van der Waals surface area contributed by atoms with Crippen LogP contribution < -0.4 is 26.4 Å². The van der Waals surface area contributed by atoms with Gasteiger partial charge in [-0.05, 0) is 56.8 Å². The SMILES string of the molecule is C=CC(=O)OC(=O)/C=C/c1ccc2c(c1)n(C1CC1)c(=O)n2-c1ccnc(Nc2cc(N)c(N(C)CCN(C)C)cc2OC)n1. The number of nitrogens with one attached hydrogen (secondary N) is 1. The van der Waals surface area contributed by atoms with Crippen LogP contribution in [0.2, 0.25) is 0 Å². The highest BCUT2D eigenvalue weighted by molar-refractivity contribution is 5.98. The molecule has 0 bridgehead atoms. The summed E-state index contributed by atoms with van der Waals surface area (Å²) in [6, 6.07) is 10.7. The molecule has 1 fully saturated rings. The molecular weight excluding hydrogens is 576 g/mol. The molecule has 13 heteroatoms. The largest absolute Gasteiger partial charge is 0.494 e. The predicted molar refractivity (Wildman–Crippen MR) is 174 cm³/mol. The Labute approximate surface area is 260 Å². The number of rotatable bonds is 12. The van der Waals surface area contributed by atoms with Crippen LogP contribution in [0, 0.1) is 0 Å². The smallest absolute Gasteiger partial charge is 0.338 e. The van der Waals surface area contributed by atoms with Gasteiger partial charge in [0, 0.05) is 56.7 Å². The van der Waals surface area contributed by atoms with E-state index in [-0.39, 0.29) is 17.7 Å². The molecule has 1 saturated carbocycles. The number of benzene rings is 2. The van der Waals surface area contributed by atoms with Crippen LogP contribution >= 0.6 is 0 Å². The van der Waals surface area contributed by atoms with E-state index < -0.39 is 11.9 Å². The molecule has 1 aliphatic carbocycles. The van der Waals surface area contributed by atoms with Crippen molar-refractivity contribution >= 4 is 52.1 Å². The number of carbonyl (C=O) groups excluding carboxylic acids is 2. The van der Waals surface area contributed by atoms with Crippen molar-refractivity contribution in [2.24, 2.45) is 0 Å². The lowest BCUT2D eigenvalue weighted by Crippen LogP contribution is -2.29. The van der Waals surface area contributed by atoms with Crippen LogP contribution in [0.25, 0.3) is 22.9 Å². The molecule has 0 saturated heterocycles. The average molecular weight is 613 g/mol. The third-order valence-electron chi connectivity index (χ3n) is 7.35. The summed E-state index contributed by atoms with van der Waals surface area (Å²) in [6.45, 7) is 4.92. The number of ether oxygens (including phenoxy) is 2. The summed E-state index contributed by atoms with van der Waals surface area (Å²) in [4.78, 5) is 50.2. The standard InChI is InChI=1S/C32H36N8O5/c1-6-29(41)45-30(42)12-8-20-7-11-24-26(17-20)39(21-9-10-21)32(43)40(24)28-13-14-34-31(36-28)35-23-18-22(33)25(19-27(23)44-5)38(4)16-15-37(2)3/h6-8,11-14,17-19,21H,1,9-10,15-16,33H2,2-5H3,(H,34,35,36)/b12-8+. The van der Waals surface area contributed by atoms with Gasteiger partial charge in [-0.1, -0.05) is 12.6 Å². The Kier molecular flexibility index (Phi) is 9.00. The maximum atomic E-state index is 13.8. The van der Waals surface area contributed by atoms with Crippen LogP contribution in [0.3, 0.4) is 0 Å². The van der Waals surface area contributed by atoms with E-state index in [2.05, 4.69) is 36.4 Å². The molecule has 0 amide bonds. The maximum Gasteiger partial charge on any atom is 0.338 e. The van der Waals surface area contributed by atoms with E-state index in [1.54, 1.807) is 46.7 Å². The first-order valence-electron chi connectivity index (χ1n) is 14.4. The molecule has 4 aromatic rings. The molecule has 3 N–H and O–H groups in total. The summed E-state index contributed by atoms with van der Waals surface area (Å²) in [7, 11) is 7.59. The maximum absolute atomic E-state index is 13.8. The van der Waals surface area contributed by atoms with E-state index in [4.69, 9.17) is 10.5 Å². The van der Waals surface area contributed by atoms with E-state index in [0.717, 1.165) is 43.8 Å². The molecule has 2 aromatic carbocycles. The van der Waals surface area contributed by atoms with Crippen molar-refractivity contribution in [2.45, 2.75) is 18.9 Å². The highest BCUT2D eigenvalue weighted by Crippen LogP contribution is 2.38. The summed E-state index contributed by atoms with van der Waals surface area (Å²) in [5, 5.41) is 3.20. The number of nitrogen functional groups attached to an aromatic ring is 1. The number of anilines is 4. The Morgan fingerprint density at radius 1 is 1.11 bits per heavy atom. The van der Waals surface area contributed by atoms with Crippen LogP contribution in [0.15, 0.2) is 66.1 Å². The first-order valence-corrected chi connectivity index (χ1v) is 14.4. The molecule has 1 aliphatic rings. The molecule has 0 atom stereocenters. The fourth-order valence-electron chi connectivity index (χ4n) is 4.89. The van der Waals surface area contributed by atoms with Gasteiger partial charge in [0.05, 0.1) is 35.2 Å². The highest BCUT2D eigenvalue weighted by atomic mass is 16.6. The number of fused-ring (bicyclic) bond motifs is 1.